The molecule has 2 unspecified atom stereocenters. The Labute approximate surface area is 145 Å². The second-order valence-corrected chi connectivity index (χ2v) is 17.4. The van der Waals surface area contributed by atoms with E-state index in [2.05, 4.69) is 51.5 Å². The summed E-state index contributed by atoms with van der Waals surface area (Å²) < 4.78 is -2.46. The van der Waals surface area contributed by atoms with E-state index in [4.69, 9.17) is 0 Å². The lowest BCUT2D eigenvalue weighted by atomic mass is 10.1. The normalized spacial score (nSPS) is 16.2. The lowest BCUT2D eigenvalue weighted by Crippen LogP contribution is -2.25. The molecule has 0 rings (SSSR count). The van der Waals surface area contributed by atoms with Gasteiger partial charge in [-0.2, -0.15) is 0 Å². The van der Waals surface area contributed by atoms with Gasteiger partial charge in [0.25, 0.3) is 0 Å². The van der Waals surface area contributed by atoms with Crippen LogP contribution in [0.4, 0.5) is 0 Å². The quantitative estimate of drug-likeness (QED) is 0.207. The van der Waals surface area contributed by atoms with Crippen LogP contribution in [0.25, 0.3) is 0 Å². The van der Waals surface area contributed by atoms with Crippen LogP contribution in [0.5, 0.6) is 0 Å². The SMILES string of the molecule is C=CCC(CCCC)S(C(CC=C)CCCC)=P(O)(S)S. The van der Waals surface area contributed by atoms with Gasteiger partial charge in [-0.25, -0.2) is 0 Å². The van der Waals surface area contributed by atoms with Crippen molar-refractivity contribution in [1.82, 2.24) is 0 Å². The summed E-state index contributed by atoms with van der Waals surface area (Å²) in [4.78, 5) is 10.7. The van der Waals surface area contributed by atoms with Gasteiger partial charge in [0.05, 0.1) is 0 Å². The first-order valence-electron chi connectivity index (χ1n) is 7.93. The lowest BCUT2D eigenvalue weighted by Gasteiger charge is -2.32. The van der Waals surface area contributed by atoms with Crippen LogP contribution in [-0.4, -0.2) is 15.4 Å². The third kappa shape index (κ3) is 8.95. The topological polar surface area (TPSA) is 20.2 Å². The van der Waals surface area contributed by atoms with Crippen molar-refractivity contribution in [2.24, 2.45) is 0 Å². The zero-order chi connectivity index (χ0) is 16.3. The van der Waals surface area contributed by atoms with Gasteiger partial charge in [-0.1, -0.05) is 51.7 Å². The molecule has 1 nitrogen and oxygen atoms in total. The fraction of sp³-hybridized carbons (Fsp3) is 0.750. The molecule has 0 spiro atoms. The molecular weight excluding hydrogens is 335 g/mol. The average Bonchev–Trinajstić information content (AvgIpc) is 2.40. The van der Waals surface area contributed by atoms with Crippen LogP contribution in [0.2, 0.25) is 0 Å². The van der Waals surface area contributed by atoms with E-state index in [1.165, 1.54) is 25.7 Å². The van der Waals surface area contributed by atoms with Crippen molar-refractivity contribution in [3.8, 4) is 0 Å². The Kier molecular flexibility index (Phi) is 12.9. The van der Waals surface area contributed by atoms with E-state index in [0.29, 0.717) is 10.5 Å². The van der Waals surface area contributed by atoms with Crippen LogP contribution < -0.4 is 0 Å². The molecular formula is C16H33OPS3. The van der Waals surface area contributed by atoms with Crippen LogP contribution >= 0.6 is 29.2 Å². The maximum atomic E-state index is 10.7. The van der Waals surface area contributed by atoms with Gasteiger partial charge in [0.15, 0.2) is 0 Å². The average molecular weight is 369 g/mol. The zero-order valence-electron chi connectivity index (χ0n) is 13.6. The molecule has 21 heavy (non-hydrogen) atoms. The first kappa shape index (κ1) is 21.9. The van der Waals surface area contributed by atoms with Crippen molar-refractivity contribution < 1.29 is 4.89 Å². The molecule has 0 aromatic rings. The maximum Gasteiger partial charge on any atom is 0.127 e. The summed E-state index contributed by atoms with van der Waals surface area (Å²) in [7, 11) is -0.168. The van der Waals surface area contributed by atoms with Crippen molar-refractivity contribution >= 4 is 39.2 Å². The Bertz CT molecular complexity index is 330. The van der Waals surface area contributed by atoms with Gasteiger partial charge in [-0.3, -0.25) is 0 Å². The molecule has 2 atom stereocenters. The smallest absolute Gasteiger partial charge is 0.127 e. The fourth-order valence-electron chi connectivity index (χ4n) is 2.58. The molecule has 0 amide bonds. The molecule has 0 saturated carbocycles. The minimum absolute atomic E-state index is 0.168. The zero-order valence-corrected chi connectivity index (χ0v) is 17.1. The summed E-state index contributed by atoms with van der Waals surface area (Å²) in [6, 6.07) is 0. The van der Waals surface area contributed by atoms with E-state index in [1.54, 1.807) is 0 Å². The van der Waals surface area contributed by atoms with E-state index >= 15 is 0 Å². The van der Waals surface area contributed by atoms with Crippen molar-refractivity contribution in [1.29, 1.82) is 0 Å². The summed E-state index contributed by atoms with van der Waals surface area (Å²) in [5, 5.41) is 0.912. The Hall–Kier alpha value is 0.920. The molecule has 126 valence electrons. The molecule has 0 aliphatic carbocycles. The van der Waals surface area contributed by atoms with Crippen molar-refractivity contribution in [3.63, 3.8) is 0 Å². The monoisotopic (exact) mass is 368 g/mol. The van der Waals surface area contributed by atoms with Gasteiger partial charge in [0.2, 0.25) is 0 Å². The van der Waals surface area contributed by atoms with Gasteiger partial charge in [-0.05, 0) is 25.7 Å². The van der Waals surface area contributed by atoms with Crippen LogP contribution in [0.15, 0.2) is 25.3 Å². The van der Waals surface area contributed by atoms with Crippen LogP contribution in [0.3, 0.4) is 0 Å². The molecule has 0 aromatic carbocycles. The molecule has 0 aliphatic rings. The molecule has 0 heterocycles. The van der Waals surface area contributed by atoms with E-state index < -0.39 is 4.67 Å². The first-order chi connectivity index (χ1) is 9.92. The summed E-state index contributed by atoms with van der Waals surface area (Å²) in [6.07, 6.45) is 12.9. The number of hydrogen-bond acceptors (Lipinski definition) is 0. The number of rotatable bonds is 12. The van der Waals surface area contributed by atoms with Gasteiger partial charge in [0.1, 0.15) is 4.67 Å². The predicted octanol–water partition coefficient (Wildman–Crippen LogP) is 6.40. The van der Waals surface area contributed by atoms with E-state index in [9.17, 15) is 4.89 Å². The molecule has 0 radical (unpaired) electrons. The molecule has 0 fully saturated rings. The summed E-state index contributed by atoms with van der Waals surface area (Å²) in [5.74, 6) is 0. The largest absolute Gasteiger partial charge is 0.354 e. The van der Waals surface area contributed by atoms with Crippen molar-refractivity contribution in [2.45, 2.75) is 75.7 Å². The minimum atomic E-state index is -2.46. The van der Waals surface area contributed by atoms with Crippen molar-refractivity contribution in [3.05, 3.63) is 25.3 Å². The summed E-state index contributed by atoms with van der Waals surface area (Å²) in [5.41, 5.74) is 0. The predicted molar refractivity (Wildman–Crippen MR) is 111 cm³/mol. The van der Waals surface area contributed by atoms with Crippen LogP contribution in [-0.2, 0) is 10.1 Å². The molecule has 0 bridgehead atoms. The summed E-state index contributed by atoms with van der Waals surface area (Å²) >= 11 is 9.07. The number of thiol groups is 2. The highest BCUT2D eigenvalue weighted by Gasteiger charge is 2.26. The molecule has 0 saturated heterocycles. The Morgan fingerprint density at radius 2 is 1.38 bits per heavy atom. The number of allylic oxidation sites excluding steroid dienone is 2. The highest BCUT2D eigenvalue weighted by molar-refractivity contribution is 8.94. The van der Waals surface area contributed by atoms with Crippen molar-refractivity contribution in [2.75, 3.05) is 0 Å². The van der Waals surface area contributed by atoms with Gasteiger partial charge in [0, 0.05) is 10.5 Å². The number of hydrogen-bond donors (Lipinski definition) is 3. The third-order valence-corrected chi connectivity index (χ3v) is 13.3. The molecule has 0 aliphatic heterocycles. The Morgan fingerprint density at radius 3 is 1.62 bits per heavy atom. The van der Waals surface area contributed by atoms with Crippen LogP contribution in [0.1, 0.15) is 65.2 Å². The minimum Gasteiger partial charge on any atom is -0.354 e. The molecule has 5 heteroatoms. The number of unbranched alkanes of at least 4 members (excludes halogenated alkanes) is 2. The van der Waals surface area contributed by atoms with E-state index in [1.807, 2.05) is 12.2 Å². The second-order valence-electron chi connectivity index (χ2n) is 5.44. The standard InChI is InChI=1S/C16H33OPS3/c1-5-9-13-15(11-7-3)21(18(17,19)20)16(12-8-4)14-10-6-2/h7-8,15-17,19-20H,3-6,9-14H2,1-2H3. The second kappa shape index (κ2) is 12.4. The van der Waals surface area contributed by atoms with Crippen LogP contribution in [0, 0.1) is 0 Å². The maximum absolute atomic E-state index is 10.7. The van der Waals surface area contributed by atoms with E-state index in [-0.39, 0.29) is 10.1 Å². The Balaban J connectivity index is 5.48. The highest BCUT2D eigenvalue weighted by atomic mass is 33.2. The van der Waals surface area contributed by atoms with Gasteiger partial charge in [-0.15, -0.1) is 47.7 Å². The lowest BCUT2D eigenvalue weighted by molar-refractivity contribution is 0.645. The Morgan fingerprint density at radius 1 is 1.00 bits per heavy atom. The highest BCUT2D eigenvalue weighted by Crippen LogP contribution is 2.59. The van der Waals surface area contributed by atoms with E-state index in [0.717, 1.165) is 25.7 Å². The molecule has 0 aromatic heterocycles. The molecule has 1 N–H and O–H groups in total. The third-order valence-electron chi connectivity index (χ3n) is 3.58. The van der Waals surface area contributed by atoms with Gasteiger partial charge < -0.3 is 4.89 Å². The fourth-order valence-corrected chi connectivity index (χ4v) is 13.8. The van der Waals surface area contributed by atoms with Gasteiger partial charge >= 0.3 is 0 Å². The summed E-state index contributed by atoms with van der Waals surface area (Å²) in [6.45, 7) is 12.2. The first-order valence-corrected chi connectivity index (χ1v) is 13.9.